The van der Waals surface area contributed by atoms with Crippen LogP contribution in [-0.4, -0.2) is 38.3 Å². The quantitative estimate of drug-likeness (QED) is 0.793. The minimum atomic E-state index is -0.0368. The second kappa shape index (κ2) is 6.24. The number of likely N-dealkylation sites (tertiary alicyclic amines) is 1. The molecule has 3 aromatic rings. The van der Waals surface area contributed by atoms with Crippen LogP contribution in [0.15, 0.2) is 36.7 Å². The maximum absolute atomic E-state index is 12.7. The summed E-state index contributed by atoms with van der Waals surface area (Å²) in [6, 6.07) is 7.93. The lowest BCUT2D eigenvalue weighted by Gasteiger charge is -2.25. The summed E-state index contributed by atoms with van der Waals surface area (Å²) in [5, 5.41) is 8.31. The second-order valence-corrected chi connectivity index (χ2v) is 7.30. The number of nitrogens with zero attached hydrogens (tertiary/aromatic N) is 4. The summed E-state index contributed by atoms with van der Waals surface area (Å²) in [6.07, 6.45) is 5.76. The van der Waals surface area contributed by atoms with Gasteiger partial charge in [0, 0.05) is 24.6 Å². The number of carbonyl (C=O) groups is 1. The molecule has 1 aromatic carbocycles. The number of aryl methyl sites for hydroxylation is 1. The van der Waals surface area contributed by atoms with Crippen molar-refractivity contribution in [1.29, 1.82) is 0 Å². The molecule has 0 aliphatic carbocycles. The van der Waals surface area contributed by atoms with Crippen molar-refractivity contribution < 1.29 is 4.79 Å². The van der Waals surface area contributed by atoms with Crippen LogP contribution in [0.5, 0.6) is 0 Å². The first kappa shape index (κ1) is 15.1. The number of thiazole rings is 1. The maximum Gasteiger partial charge on any atom is 0.322 e. The number of rotatable bonds is 3. The fraction of sp³-hybridized carbons (Fsp3) is 0.353. The van der Waals surface area contributed by atoms with E-state index in [0.717, 1.165) is 46.8 Å². The van der Waals surface area contributed by atoms with Crippen LogP contribution in [0.3, 0.4) is 0 Å². The number of anilines is 1. The van der Waals surface area contributed by atoms with E-state index in [-0.39, 0.29) is 12.1 Å². The van der Waals surface area contributed by atoms with E-state index in [1.54, 1.807) is 17.5 Å². The molecule has 0 spiro atoms. The third-order valence-corrected chi connectivity index (χ3v) is 5.28. The van der Waals surface area contributed by atoms with Crippen LogP contribution in [-0.2, 0) is 6.54 Å². The normalized spacial score (nSPS) is 17.5. The molecule has 1 atom stereocenters. The van der Waals surface area contributed by atoms with E-state index in [1.807, 2.05) is 47.0 Å². The zero-order chi connectivity index (χ0) is 16.5. The van der Waals surface area contributed by atoms with E-state index in [2.05, 4.69) is 15.4 Å². The van der Waals surface area contributed by atoms with Crippen LogP contribution in [0, 0.1) is 6.92 Å². The van der Waals surface area contributed by atoms with Gasteiger partial charge in [-0.05, 0) is 44.0 Å². The first-order chi connectivity index (χ1) is 11.7. The average Bonchev–Trinajstić information content (AvgIpc) is 3.27. The lowest BCUT2D eigenvalue weighted by molar-refractivity contribution is 0.199. The molecule has 2 aromatic heterocycles. The Kier molecular flexibility index (Phi) is 3.93. The van der Waals surface area contributed by atoms with E-state index in [0.29, 0.717) is 0 Å². The van der Waals surface area contributed by atoms with Crippen LogP contribution in [0.2, 0.25) is 0 Å². The maximum atomic E-state index is 12.7. The van der Waals surface area contributed by atoms with E-state index in [4.69, 9.17) is 0 Å². The fourth-order valence-electron chi connectivity index (χ4n) is 3.23. The van der Waals surface area contributed by atoms with Crippen molar-refractivity contribution >= 4 is 33.3 Å². The SMILES string of the molecule is Cc1nc2ccc(NC(=O)N3CCC[C@H]3Cn3cccn3)cc2s1. The molecule has 1 N–H and O–H groups in total. The van der Waals surface area contributed by atoms with Crippen LogP contribution < -0.4 is 5.32 Å². The Hall–Kier alpha value is -2.41. The van der Waals surface area contributed by atoms with Crippen LogP contribution in [0.25, 0.3) is 10.2 Å². The number of nitrogens with one attached hydrogen (secondary N) is 1. The van der Waals surface area contributed by atoms with Gasteiger partial charge in [0.05, 0.1) is 27.8 Å². The lowest BCUT2D eigenvalue weighted by atomic mass is 10.2. The van der Waals surface area contributed by atoms with E-state index in [9.17, 15) is 4.79 Å². The van der Waals surface area contributed by atoms with E-state index < -0.39 is 0 Å². The Balaban J connectivity index is 1.47. The molecule has 3 heterocycles. The Bertz CT molecular complexity index is 857. The zero-order valence-electron chi connectivity index (χ0n) is 13.5. The average molecular weight is 341 g/mol. The van der Waals surface area contributed by atoms with Crippen molar-refractivity contribution in [2.24, 2.45) is 0 Å². The number of amides is 2. The first-order valence-electron chi connectivity index (χ1n) is 8.11. The molecular weight excluding hydrogens is 322 g/mol. The number of urea groups is 1. The number of hydrogen-bond donors (Lipinski definition) is 1. The molecule has 4 rings (SSSR count). The molecule has 0 saturated carbocycles. The van der Waals surface area contributed by atoms with Gasteiger partial charge in [0.15, 0.2) is 0 Å². The molecule has 24 heavy (non-hydrogen) atoms. The van der Waals surface area contributed by atoms with Gasteiger partial charge >= 0.3 is 6.03 Å². The van der Waals surface area contributed by atoms with Crippen molar-refractivity contribution in [2.75, 3.05) is 11.9 Å². The minimum absolute atomic E-state index is 0.0368. The minimum Gasteiger partial charge on any atom is -0.320 e. The summed E-state index contributed by atoms with van der Waals surface area (Å²) in [7, 11) is 0. The summed E-state index contributed by atoms with van der Waals surface area (Å²) in [5.74, 6) is 0. The second-order valence-electron chi connectivity index (χ2n) is 6.06. The number of aromatic nitrogens is 3. The predicted octanol–water partition coefficient (Wildman–Crippen LogP) is 3.50. The standard InChI is InChI=1S/C17H19N5OS/c1-12-19-15-6-5-13(10-16(15)24-12)20-17(23)22-9-2-4-14(22)11-21-8-3-7-18-21/h3,5-8,10,14H,2,4,9,11H2,1H3,(H,20,23)/t14-/m0/s1. The van der Waals surface area contributed by atoms with Crippen molar-refractivity contribution in [1.82, 2.24) is 19.7 Å². The number of fused-ring (bicyclic) bond motifs is 1. The highest BCUT2D eigenvalue weighted by Gasteiger charge is 2.29. The van der Waals surface area contributed by atoms with Gasteiger partial charge in [-0.2, -0.15) is 5.10 Å². The number of benzene rings is 1. The van der Waals surface area contributed by atoms with Crippen LogP contribution >= 0.6 is 11.3 Å². The summed E-state index contributed by atoms with van der Waals surface area (Å²) in [4.78, 5) is 19.0. The van der Waals surface area contributed by atoms with Crippen molar-refractivity contribution in [3.63, 3.8) is 0 Å². The largest absolute Gasteiger partial charge is 0.322 e. The van der Waals surface area contributed by atoms with Gasteiger partial charge in [-0.15, -0.1) is 11.3 Å². The molecule has 1 aliphatic heterocycles. The molecule has 1 aliphatic rings. The predicted molar refractivity (Wildman–Crippen MR) is 95.3 cm³/mol. The Labute approximate surface area is 144 Å². The third kappa shape index (κ3) is 2.99. The molecule has 124 valence electrons. The molecular formula is C17H19N5OS. The zero-order valence-corrected chi connectivity index (χ0v) is 14.3. The monoisotopic (exact) mass is 341 g/mol. The molecule has 0 unspecified atom stereocenters. The van der Waals surface area contributed by atoms with Crippen molar-refractivity contribution in [3.05, 3.63) is 41.7 Å². The molecule has 0 bridgehead atoms. The van der Waals surface area contributed by atoms with Gasteiger partial charge in [-0.1, -0.05) is 0 Å². The van der Waals surface area contributed by atoms with Crippen LogP contribution in [0.1, 0.15) is 17.8 Å². The highest BCUT2D eigenvalue weighted by Crippen LogP contribution is 2.26. The first-order valence-corrected chi connectivity index (χ1v) is 8.93. The highest BCUT2D eigenvalue weighted by atomic mass is 32.1. The Morgan fingerprint density at radius 2 is 2.38 bits per heavy atom. The summed E-state index contributed by atoms with van der Waals surface area (Å²) >= 11 is 1.64. The summed E-state index contributed by atoms with van der Waals surface area (Å²) < 4.78 is 2.99. The van der Waals surface area contributed by atoms with Crippen LogP contribution in [0.4, 0.5) is 10.5 Å². The van der Waals surface area contributed by atoms with E-state index >= 15 is 0 Å². The molecule has 7 heteroatoms. The topological polar surface area (TPSA) is 63.1 Å². The molecule has 1 saturated heterocycles. The lowest BCUT2D eigenvalue weighted by Crippen LogP contribution is -2.40. The number of carbonyl (C=O) groups excluding carboxylic acids is 1. The van der Waals surface area contributed by atoms with Gasteiger partial charge in [0.1, 0.15) is 0 Å². The smallest absolute Gasteiger partial charge is 0.320 e. The summed E-state index contributed by atoms with van der Waals surface area (Å²) in [6.45, 7) is 3.53. The molecule has 0 radical (unpaired) electrons. The summed E-state index contributed by atoms with van der Waals surface area (Å²) in [5.41, 5.74) is 1.80. The fourth-order valence-corrected chi connectivity index (χ4v) is 4.10. The van der Waals surface area contributed by atoms with Gasteiger partial charge in [-0.3, -0.25) is 4.68 Å². The Morgan fingerprint density at radius 3 is 3.21 bits per heavy atom. The molecule has 1 fully saturated rings. The number of hydrogen-bond acceptors (Lipinski definition) is 4. The highest BCUT2D eigenvalue weighted by molar-refractivity contribution is 7.18. The van der Waals surface area contributed by atoms with Gasteiger partial charge in [0.2, 0.25) is 0 Å². The molecule has 2 amide bonds. The Morgan fingerprint density at radius 1 is 1.46 bits per heavy atom. The van der Waals surface area contributed by atoms with Gasteiger partial charge < -0.3 is 10.2 Å². The molecule has 6 nitrogen and oxygen atoms in total. The van der Waals surface area contributed by atoms with E-state index in [1.165, 1.54) is 0 Å². The van der Waals surface area contributed by atoms with Crippen molar-refractivity contribution in [2.45, 2.75) is 32.4 Å². The van der Waals surface area contributed by atoms with Crippen molar-refractivity contribution in [3.8, 4) is 0 Å². The van der Waals surface area contributed by atoms with Gasteiger partial charge in [0.25, 0.3) is 0 Å². The van der Waals surface area contributed by atoms with Gasteiger partial charge in [-0.25, -0.2) is 9.78 Å². The third-order valence-electron chi connectivity index (χ3n) is 4.34.